The van der Waals surface area contributed by atoms with Gasteiger partial charge in [0.05, 0.1) is 16.1 Å². The number of carbonyl (C=O) groups is 5. The zero-order chi connectivity index (χ0) is 26.0. The van der Waals surface area contributed by atoms with E-state index in [0.717, 1.165) is 0 Å². The van der Waals surface area contributed by atoms with Crippen LogP contribution in [0.2, 0.25) is 0 Å². The van der Waals surface area contributed by atoms with E-state index in [-0.39, 0.29) is 67.6 Å². The average molecular weight is 494 g/mol. The average Bonchev–Trinajstić information content (AvgIpc) is 3.13. The number of hydrogen-bond acceptors (Lipinski definition) is 7. The number of non-ortho nitro benzene ring substituents is 1. The van der Waals surface area contributed by atoms with Gasteiger partial charge in [-0.05, 0) is 30.7 Å². The largest absolute Gasteiger partial charge is 0.480 e. The number of piperazine rings is 1. The maximum absolute atomic E-state index is 12.7. The summed E-state index contributed by atoms with van der Waals surface area (Å²) in [7, 11) is 0. The first-order valence-electron chi connectivity index (χ1n) is 11.2. The van der Waals surface area contributed by atoms with Crippen molar-refractivity contribution in [1.82, 2.24) is 14.7 Å². The molecule has 2 aliphatic heterocycles. The van der Waals surface area contributed by atoms with Gasteiger partial charge in [-0.2, -0.15) is 0 Å². The third kappa shape index (κ3) is 4.65. The van der Waals surface area contributed by atoms with E-state index in [2.05, 4.69) is 0 Å². The Balaban J connectivity index is 1.33. The van der Waals surface area contributed by atoms with E-state index in [1.54, 1.807) is 12.1 Å². The van der Waals surface area contributed by atoms with Gasteiger partial charge in [0.2, 0.25) is 5.91 Å². The molecule has 0 spiro atoms. The highest BCUT2D eigenvalue weighted by molar-refractivity contribution is 6.22. The summed E-state index contributed by atoms with van der Waals surface area (Å²) in [4.78, 5) is 76.5. The van der Waals surface area contributed by atoms with E-state index < -0.39 is 28.7 Å². The van der Waals surface area contributed by atoms with Gasteiger partial charge in [0.25, 0.3) is 23.4 Å². The number of rotatable bonds is 7. The number of amides is 4. The molecule has 0 aliphatic carbocycles. The zero-order valence-corrected chi connectivity index (χ0v) is 19.0. The van der Waals surface area contributed by atoms with Gasteiger partial charge in [-0.25, -0.2) is 4.79 Å². The molecule has 2 aromatic carbocycles. The van der Waals surface area contributed by atoms with Crippen molar-refractivity contribution in [3.63, 3.8) is 0 Å². The lowest BCUT2D eigenvalue weighted by Crippen LogP contribution is -2.51. The molecular formula is C24H22N4O8. The summed E-state index contributed by atoms with van der Waals surface area (Å²) in [6.45, 7) is 0.926. The third-order valence-corrected chi connectivity index (χ3v) is 6.30. The molecule has 2 aliphatic rings. The first kappa shape index (κ1) is 24.5. The van der Waals surface area contributed by atoms with E-state index in [1.807, 2.05) is 0 Å². The fourth-order valence-electron chi connectivity index (χ4n) is 4.34. The third-order valence-electron chi connectivity index (χ3n) is 6.30. The summed E-state index contributed by atoms with van der Waals surface area (Å²) in [5.74, 6) is -3.44. The number of carbonyl (C=O) groups excluding carboxylic acids is 4. The summed E-state index contributed by atoms with van der Waals surface area (Å²) >= 11 is 0. The van der Waals surface area contributed by atoms with Crippen LogP contribution in [0.5, 0.6) is 0 Å². The van der Waals surface area contributed by atoms with Crippen molar-refractivity contribution >= 4 is 35.3 Å². The number of nitro benzene ring substituents is 1. The molecule has 4 rings (SSSR count). The molecule has 4 amide bonds. The summed E-state index contributed by atoms with van der Waals surface area (Å²) < 4.78 is 0. The Kier molecular flexibility index (Phi) is 6.77. The Bertz CT molecular complexity index is 1220. The maximum Gasteiger partial charge on any atom is 0.326 e. The number of nitrogens with zero attached hydrogens (tertiary/aromatic N) is 4. The second-order valence-corrected chi connectivity index (χ2v) is 8.40. The van der Waals surface area contributed by atoms with Crippen molar-refractivity contribution in [2.75, 3.05) is 26.2 Å². The van der Waals surface area contributed by atoms with E-state index in [4.69, 9.17) is 0 Å². The van der Waals surface area contributed by atoms with Gasteiger partial charge in [0.1, 0.15) is 6.04 Å². The van der Waals surface area contributed by atoms with Crippen molar-refractivity contribution in [3.05, 3.63) is 75.3 Å². The van der Waals surface area contributed by atoms with Crippen LogP contribution in [0.1, 0.15) is 43.9 Å². The molecular weight excluding hydrogens is 472 g/mol. The lowest BCUT2D eigenvalue weighted by Gasteiger charge is -2.35. The summed E-state index contributed by atoms with van der Waals surface area (Å²) in [6.07, 6.45) is -0.428. The van der Waals surface area contributed by atoms with Gasteiger partial charge in [-0.1, -0.05) is 12.1 Å². The van der Waals surface area contributed by atoms with Crippen LogP contribution >= 0.6 is 0 Å². The molecule has 186 valence electrons. The standard InChI is InChI=1S/C24H22N4O8/c29-20(10-9-19(24(33)34)27-22(31)17-3-1-2-4-18(17)23(27)32)25-11-13-26(14-12-25)21(30)15-5-7-16(8-6-15)28(35)36/h1-8,19H,9-14H2,(H,33,34)/t19-/m0/s1. The van der Waals surface area contributed by atoms with Gasteiger partial charge in [0.15, 0.2) is 0 Å². The van der Waals surface area contributed by atoms with Crippen LogP contribution in [0.3, 0.4) is 0 Å². The fourth-order valence-corrected chi connectivity index (χ4v) is 4.34. The van der Waals surface area contributed by atoms with Gasteiger partial charge in [0, 0.05) is 50.3 Å². The molecule has 2 aromatic rings. The van der Waals surface area contributed by atoms with Crippen LogP contribution in [-0.4, -0.2) is 86.5 Å². The second kappa shape index (κ2) is 9.94. The van der Waals surface area contributed by atoms with Crippen molar-refractivity contribution in [2.45, 2.75) is 18.9 Å². The number of carboxylic acids is 1. The minimum atomic E-state index is -1.48. The molecule has 1 fully saturated rings. The molecule has 36 heavy (non-hydrogen) atoms. The topological polar surface area (TPSA) is 158 Å². The molecule has 0 unspecified atom stereocenters. The molecule has 0 radical (unpaired) electrons. The highest BCUT2D eigenvalue weighted by Gasteiger charge is 2.43. The molecule has 0 aromatic heterocycles. The van der Waals surface area contributed by atoms with Crippen LogP contribution in [0.4, 0.5) is 5.69 Å². The van der Waals surface area contributed by atoms with Crippen LogP contribution in [-0.2, 0) is 9.59 Å². The number of carboxylic acid groups (broad SMARTS) is 1. The van der Waals surface area contributed by atoms with E-state index >= 15 is 0 Å². The number of aliphatic carboxylic acids is 1. The smallest absolute Gasteiger partial charge is 0.326 e. The van der Waals surface area contributed by atoms with E-state index in [0.29, 0.717) is 10.5 Å². The van der Waals surface area contributed by atoms with Crippen molar-refractivity contribution in [1.29, 1.82) is 0 Å². The predicted octanol–water partition coefficient (Wildman–Crippen LogP) is 1.41. The number of hydrogen-bond donors (Lipinski definition) is 1. The summed E-state index contributed by atoms with van der Waals surface area (Å²) in [5, 5.41) is 20.4. The maximum atomic E-state index is 12.7. The lowest BCUT2D eigenvalue weighted by atomic mass is 10.1. The number of imide groups is 1. The Morgan fingerprint density at radius 1 is 0.889 bits per heavy atom. The summed E-state index contributed by atoms with van der Waals surface area (Å²) in [5.41, 5.74) is 0.441. The number of fused-ring (bicyclic) bond motifs is 1. The van der Waals surface area contributed by atoms with E-state index in [1.165, 1.54) is 46.2 Å². The van der Waals surface area contributed by atoms with Crippen LogP contribution in [0, 0.1) is 10.1 Å². The van der Waals surface area contributed by atoms with Gasteiger partial charge in [-0.15, -0.1) is 0 Å². The van der Waals surface area contributed by atoms with Crippen LogP contribution < -0.4 is 0 Å². The van der Waals surface area contributed by atoms with Gasteiger partial charge < -0.3 is 14.9 Å². The molecule has 0 saturated carbocycles. The normalized spacial score (nSPS) is 16.1. The Labute approximate surface area is 204 Å². The molecule has 1 N–H and O–H groups in total. The van der Waals surface area contributed by atoms with Gasteiger partial charge >= 0.3 is 5.97 Å². The van der Waals surface area contributed by atoms with Crippen molar-refractivity contribution in [3.8, 4) is 0 Å². The van der Waals surface area contributed by atoms with Crippen LogP contribution in [0.15, 0.2) is 48.5 Å². The Morgan fingerprint density at radius 2 is 1.42 bits per heavy atom. The highest BCUT2D eigenvalue weighted by Crippen LogP contribution is 2.26. The van der Waals surface area contributed by atoms with Crippen LogP contribution in [0.25, 0.3) is 0 Å². The predicted molar refractivity (Wildman–Crippen MR) is 123 cm³/mol. The van der Waals surface area contributed by atoms with Crippen molar-refractivity contribution < 1.29 is 34.0 Å². The minimum absolute atomic E-state index is 0.122. The Morgan fingerprint density at radius 3 is 1.92 bits per heavy atom. The molecule has 2 heterocycles. The zero-order valence-electron chi connectivity index (χ0n) is 19.0. The van der Waals surface area contributed by atoms with Crippen molar-refractivity contribution in [2.24, 2.45) is 0 Å². The molecule has 1 atom stereocenters. The Hall–Kier alpha value is -4.61. The highest BCUT2D eigenvalue weighted by atomic mass is 16.6. The summed E-state index contributed by atoms with van der Waals surface area (Å²) in [6, 6.07) is 9.85. The van der Waals surface area contributed by atoms with Gasteiger partial charge in [-0.3, -0.25) is 34.2 Å². The molecule has 12 nitrogen and oxygen atoms in total. The minimum Gasteiger partial charge on any atom is -0.480 e. The monoisotopic (exact) mass is 494 g/mol. The number of benzene rings is 2. The second-order valence-electron chi connectivity index (χ2n) is 8.40. The molecule has 0 bridgehead atoms. The first-order valence-corrected chi connectivity index (χ1v) is 11.2. The quantitative estimate of drug-likeness (QED) is 0.344. The fraction of sp³-hybridized carbons (Fsp3) is 0.292. The number of nitro groups is 1. The van der Waals surface area contributed by atoms with E-state index in [9.17, 15) is 39.2 Å². The lowest BCUT2D eigenvalue weighted by molar-refractivity contribution is -0.384. The molecule has 12 heteroatoms. The SMILES string of the molecule is O=C(O)[C@H](CCC(=O)N1CCN(C(=O)c2ccc([N+](=O)[O-])cc2)CC1)N1C(=O)c2ccccc2C1=O. The first-order chi connectivity index (χ1) is 17.2. The molecule has 1 saturated heterocycles.